The van der Waals surface area contributed by atoms with Gasteiger partial charge in [-0.05, 0) is 44.1 Å². The molecular formula is C14H26N2. The summed E-state index contributed by atoms with van der Waals surface area (Å²) in [6.45, 7) is 6.42. The predicted molar refractivity (Wildman–Crippen MR) is 67.5 cm³/mol. The molecule has 0 radical (unpaired) electrons. The van der Waals surface area contributed by atoms with Gasteiger partial charge < -0.3 is 5.32 Å². The molecule has 4 atom stereocenters. The summed E-state index contributed by atoms with van der Waals surface area (Å²) in [7, 11) is 0. The fraction of sp³-hybridized carbons (Fsp3) is 1.00. The van der Waals surface area contributed by atoms with Gasteiger partial charge in [-0.3, -0.25) is 4.90 Å². The first-order valence-corrected chi connectivity index (χ1v) is 7.30. The number of nitrogens with zero attached hydrogens (tertiary/aromatic N) is 1. The molecule has 1 saturated carbocycles. The highest BCUT2D eigenvalue weighted by Gasteiger charge is 2.37. The molecule has 2 heterocycles. The predicted octanol–water partition coefficient (Wildman–Crippen LogP) is 2.25. The third-order valence-corrected chi connectivity index (χ3v) is 5.05. The van der Waals surface area contributed by atoms with Crippen LogP contribution < -0.4 is 5.32 Å². The van der Waals surface area contributed by atoms with Gasteiger partial charge >= 0.3 is 0 Å². The Kier molecular flexibility index (Phi) is 3.21. The lowest BCUT2D eigenvalue weighted by molar-refractivity contribution is 0.157. The fourth-order valence-corrected chi connectivity index (χ4v) is 4.11. The van der Waals surface area contributed by atoms with Crippen molar-refractivity contribution in [1.82, 2.24) is 10.2 Å². The van der Waals surface area contributed by atoms with Crippen LogP contribution in [-0.4, -0.2) is 36.6 Å². The van der Waals surface area contributed by atoms with E-state index in [1.165, 1.54) is 58.2 Å². The molecule has 1 aliphatic carbocycles. The van der Waals surface area contributed by atoms with E-state index in [2.05, 4.69) is 17.1 Å². The van der Waals surface area contributed by atoms with E-state index in [1.54, 1.807) is 0 Å². The highest BCUT2D eigenvalue weighted by molar-refractivity contribution is 4.95. The number of hydrogen-bond acceptors (Lipinski definition) is 2. The Bertz CT molecular complexity index is 227. The molecule has 2 heteroatoms. The number of nitrogens with one attached hydrogen (secondary N) is 1. The Hall–Kier alpha value is -0.0800. The van der Waals surface area contributed by atoms with Crippen LogP contribution in [0.2, 0.25) is 0 Å². The second kappa shape index (κ2) is 4.66. The minimum Gasteiger partial charge on any atom is -0.312 e. The van der Waals surface area contributed by atoms with Crippen molar-refractivity contribution < 1.29 is 0 Å². The van der Waals surface area contributed by atoms with Gasteiger partial charge in [-0.25, -0.2) is 0 Å². The second-order valence-electron chi connectivity index (χ2n) is 6.34. The van der Waals surface area contributed by atoms with Gasteiger partial charge in [0.05, 0.1) is 0 Å². The molecule has 2 saturated heterocycles. The third-order valence-electron chi connectivity index (χ3n) is 5.05. The maximum atomic E-state index is 3.72. The van der Waals surface area contributed by atoms with Gasteiger partial charge in [0.2, 0.25) is 0 Å². The maximum absolute atomic E-state index is 3.72. The average Bonchev–Trinajstić information content (AvgIpc) is 2.72. The van der Waals surface area contributed by atoms with Crippen molar-refractivity contribution in [2.24, 2.45) is 11.8 Å². The van der Waals surface area contributed by atoms with Crippen LogP contribution >= 0.6 is 0 Å². The van der Waals surface area contributed by atoms with Crippen LogP contribution in [0.5, 0.6) is 0 Å². The van der Waals surface area contributed by atoms with Crippen LogP contribution in [0.3, 0.4) is 0 Å². The molecular weight excluding hydrogens is 196 g/mol. The Morgan fingerprint density at radius 3 is 2.81 bits per heavy atom. The normalized spacial score (nSPS) is 45.6. The molecule has 1 N–H and O–H groups in total. The number of fused-ring (bicyclic) bond motifs is 1. The van der Waals surface area contributed by atoms with E-state index in [0.717, 1.165) is 23.9 Å². The molecule has 0 bridgehead atoms. The van der Waals surface area contributed by atoms with Crippen molar-refractivity contribution in [2.45, 2.75) is 57.5 Å². The summed E-state index contributed by atoms with van der Waals surface area (Å²) >= 11 is 0. The maximum Gasteiger partial charge on any atom is 0.0235 e. The first kappa shape index (κ1) is 11.0. The molecule has 16 heavy (non-hydrogen) atoms. The summed E-state index contributed by atoms with van der Waals surface area (Å²) in [5.41, 5.74) is 0. The van der Waals surface area contributed by atoms with E-state index in [-0.39, 0.29) is 0 Å². The molecule has 0 amide bonds. The van der Waals surface area contributed by atoms with Gasteiger partial charge in [-0.15, -0.1) is 0 Å². The van der Waals surface area contributed by atoms with Crippen molar-refractivity contribution >= 4 is 0 Å². The van der Waals surface area contributed by atoms with Crippen molar-refractivity contribution in [1.29, 1.82) is 0 Å². The van der Waals surface area contributed by atoms with Crippen molar-refractivity contribution in [2.75, 3.05) is 19.6 Å². The van der Waals surface area contributed by atoms with Crippen LogP contribution in [0.25, 0.3) is 0 Å². The van der Waals surface area contributed by atoms with E-state index in [9.17, 15) is 0 Å². The quantitative estimate of drug-likeness (QED) is 0.732. The molecule has 3 aliphatic rings. The van der Waals surface area contributed by atoms with Crippen molar-refractivity contribution in [3.8, 4) is 0 Å². The molecule has 3 fully saturated rings. The van der Waals surface area contributed by atoms with Gasteiger partial charge in [0.25, 0.3) is 0 Å². The van der Waals surface area contributed by atoms with Gasteiger partial charge in [0, 0.05) is 25.2 Å². The van der Waals surface area contributed by atoms with Crippen molar-refractivity contribution in [3.05, 3.63) is 0 Å². The van der Waals surface area contributed by atoms with Crippen LogP contribution in [0.15, 0.2) is 0 Å². The SMILES string of the molecule is CC1CCCC(N2CC3CCCNC3C2)C1. The Labute approximate surface area is 99.8 Å². The zero-order valence-corrected chi connectivity index (χ0v) is 10.6. The molecule has 0 aromatic carbocycles. The summed E-state index contributed by atoms with van der Waals surface area (Å²) in [5, 5.41) is 3.72. The fourth-order valence-electron chi connectivity index (χ4n) is 4.11. The monoisotopic (exact) mass is 222 g/mol. The molecule has 3 rings (SSSR count). The summed E-state index contributed by atoms with van der Waals surface area (Å²) in [5.74, 6) is 1.93. The first-order valence-electron chi connectivity index (χ1n) is 7.30. The molecule has 0 aromatic heterocycles. The van der Waals surface area contributed by atoms with Gasteiger partial charge in [-0.1, -0.05) is 19.8 Å². The van der Waals surface area contributed by atoms with Crippen LogP contribution in [0, 0.1) is 11.8 Å². The Balaban J connectivity index is 1.59. The minimum atomic E-state index is 0.825. The topological polar surface area (TPSA) is 15.3 Å². The minimum absolute atomic E-state index is 0.825. The van der Waals surface area contributed by atoms with Crippen molar-refractivity contribution in [3.63, 3.8) is 0 Å². The van der Waals surface area contributed by atoms with Crippen LogP contribution in [-0.2, 0) is 0 Å². The molecule has 4 unspecified atom stereocenters. The van der Waals surface area contributed by atoms with E-state index in [0.29, 0.717) is 0 Å². The van der Waals surface area contributed by atoms with Gasteiger partial charge in [-0.2, -0.15) is 0 Å². The lowest BCUT2D eigenvalue weighted by Gasteiger charge is -2.34. The molecule has 0 spiro atoms. The lowest BCUT2D eigenvalue weighted by Crippen LogP contribution is -2.42. The van der Waals surface area contributed by atoms with Gasteiger partial charge in [0.1, 0.15) is 0 Å². The molecule has 2 aliphatic heterocycles. The van der Waals surface area contributed by atoms with Crippen LogP contribution in [0.4, 0.5) is 0 Å². The second-order valence-corrected chi connectivity index (χ2v) is 6.34. The summed E-state index contributed by atoms with van der Waals surface area (Å²) in [6, 6.07) is 1.74. The first-order chi connectivity index (χ1) is 7.83. The summed E-state index contributed by atoms with van der Waals surface area (Å²) in [4.78, 5) is 2.81. The smallest absolute Gasteiger partial charge is 0.0235 e. The number of rotatable bonds is 1. The van der Waals surface area contributed by atoms with E-state index >= 15 is 0 Å². The molecule has 0 aromatic rings. The van der Waals surface area contributed by atoms with E-state index in [4.69, 9.17) is 0 Å². The zero-order chi connectivity index (χ0) is 11.0. The third kappa shape index (κ3) is 2.14. The van der Waals surface area contributed by atoms with Crippen LogP contribution in [0.1, 0.15) is 45.4 Å². The number of piperidine rings is 1. The highest BCUT2D eigenvalue weighted by Crippen LogP contribution is 2.33. The number of likely N-dealkylation sites (tertiary alicyclic amines) is 1. The van der Waals surface area contributed by atoms with E-state index < -0.39 is 0 Å². The zero-order valence-electron chi connectivity index (χ0n) is 10.6. The summed E-state index contributed by atoms with van der Waals surface area (Å²) in [6.07, 6.45) is 8.72. The Morgan fingerprint density at radius 2 is 2.00 bits per heavy atom. The standard InChI is InChI=1S/C14H26N2/c1-11-4-2-6-13(8-11)16-9-12-5-3-7-15-14(12)10-16/h11-15H,2-10H2,1H3. The Morgan fingerprint density at radius 1 is 1.06 bits per heavy atom. The molecule has 92 valence electrons. The lowest BCUT2D eigenvalue weighted by atomic mass is 9.86. The number of hydrogen-bond donors (Lipinski definition) is 1. The van der Waals surface area contributed by atoms with E-state index in [1.807, 2.05) is 0 Å². The average molecular weight is 222 g/mol. The highest BCUT2D eigenvalue weighted by atomic mass is 15.2. The molecule has 2 nitrogen and oxygen atoms in total. The van der Waals surface area contributed by atoms with Gasteiger partial charge in [0.15, 0.2) is 0 Å². The largest absolute Gasteiger partial charge is 0.312 e. The summed E-state index contributed by atoms with van der Waals surface area (Å²) < 4.78 is 0.